The first-order valence-corrected chi connectivity index (χ1v) is 5.26. The molecular formula is C10H13N3O4. The fraction of sp³-hybridized carbons (Fsp3) is 0.500. The number of carbonyl (C=O) groups excluding carboxylic acids is 1. The number of hydrogen-bond donors (Lipinski definition) is 3. The largest absolute Gasteiger partial charge is 0.480 e. The maximum Gasteiger partial charge on any atom is 0.329 e. The summed E-state index contributed by atoms with van der Waals surface area (Å²) in [5, 5.41) is 14.1. The molecule has 1 fully saturated rings. The number of amides is 1. The Kier molecular flexibility index (Phi) is 2.53. The summed E-state index contributed by atoms with van der Waals surface area (Å²) in [5.41, 5.74) is -1.43. The number of carbonyl (C=O) groups is 2. The Morgan fingerprint density at radius 1 is 1.53 bits per heavy atom. The van der Waals surface area contributed by atoms with Crippen molar-refractivity contribution in [2.75, 3.05) is 0 Å². The lowest BCUT2D eigenvalue weighted by Crippen LogP contribution is -2.59. The van der Waals surface area contributed by atoms with Crippen molar-refractivity contribution in [1.82, 2.24) is 15.1 Å². The van der Waals surface area contributed by atoms with Gasteiger partial charge in [-0.15, -0.1) is 0 Å². The van der Waals surface area contributed by atoms with Gasteiger partial charge in [-0.25, -0.2) is 4.79 Å². The summed E-state index contributed by atoms with van der Waals surface area (Å²) in [6, 6.07) is 1.14. The molecule has 1 aliphatic carbocycles. The third-order valence-corrected chi connectivity index (χ3v) is 3.10. The second kappa shape index (κ2) is 3.76. The van der Waals surface area contributed by atoms with E-state index in [4.69, 9.17) is 5.11 Å². The second-order valence-electron chi connectivity index (χ2n) is 4.26. The van der Waals surface area contributed by atoms with Crippen LogP contribution in [-0.4, -0.2) is 32.3 Å². The van der Waals surface area contributed by atoms with E-state index in [0.29, 0.717) is 12.8 Å². The molecule has 92 valence electrons. The van der Waals surface area contributed by atoms with Crippen LogP contribution in [-0.2, 0) is 11.8 Å². The number of aryl methyl sites for hydroxylation is 1. The van der Waals surface area contributed by atoms with E-state index < -0.39 is 17.4 Å². The van der Waals surface area contributed by atoms with Crippen LogP contribution in [0, 0.1) is 0 Å². The van der Waals surface area contributed by atoms with Gasteiger partial charge in [0.1, 0.15) is 11.2 Å². The molecule has 1 aromatic rings. The summed E-state index contributed by atoms with van der Waals surface area (Å²) in [6.45, 7) is 0. The highest BCUT2D eigenvalue weighted by Crippen LogP contribution is 2.32. The first kappa shape index (κ1) is 11.4. The van der Waals surface area contributed by atoms with Gasteiger partial charge in [0.25, 0.3) is 11.5 Å². The molecule has 0 spiro atoms. The van der Waals surface area contributed by atoms with Crippen molar-refractivity contribution in [2.45, 2.75) is 24.8 Å². The average Bonchev–Trinajstić information content (AvgIpc) is 2.52. The molecule has 0 saturated heterocycles. The van der Waals surface area contributed by atoms with Gasteiger partial charge in [-0.1, -0.05) is 0 Å². The molecule has 0 bridgehead atoms. The predicted octanol–water partition coefficient (Wildman–Crippen LogP) is -0.549. The van der Waals surface area contributed by atoms with Crippen LogP contribution in [0.4, 0.5) is 0 Å². The summed E-state index contributed by atoms with van der Waals surface area (Å²) < 4.78 is 1.16. The van der Waals surface area contributed by atoms with Crippen molar-refractivity contribution >= 4 is 11.9 Å². The number of nitrogens with zero attached hydrogens (tertiary/aromatic N) is 1. The third-order valence-electron chi connectivity index (χ3n) is 3.10. The number of nitrogens with one attached hydrogen (secondary N) is 2. The van der Waals surface area contributed by atoms with Crippen LogP contribution in [0.15, 0.2) is 10.9 Å². The molecule has 0 aromatic carbocycles. The van der Waals surface area contributed by atoms with Gasteiger partial charge in [0.15, 0.2) is 0 Å². The van der Waals surface area contributed by atoms with Gasteiger partial charge in [0.05, 0.1) is 0 Å². The molecule has 0 unspecified atom stereocenters. The lowest BCUT2D eigenvalue weighted by molar-refractivity contribution is -0.148. The number of carboxylic acids is 1. The Morgan fingerprint density at radius 3 is 2.53 bits per heavy atom. The molecule has 1 heterocycles. The number of hydrogen-bond acceptors (Lipinski definition) is 3. The standard InChI is InChI=1S/C10H13N3O4/c1-13-7(14)5-6(12-13)8(15)11-10(9(16)17)3-2-4-10/h5,12H,2-4H2,1H3,(H,11,15)(H,16,17). The number of H-pyrrole nitrogens is 1. The maximum atomic E-state index is 11.8. The topological polar surface area (TPSA) is 104 Å². The minimum Gasteiger partial charge on any atom is -0.480 e. The van der Waals surface area contributed by atoms with E-state index >= 15 is 0 Å². The Bertz CT molecular complexity index is 524. The zero-order valence-corrected chi connectivity index (χ0v) is 9.32. The molecule has 0 aliphatic heterocycles. The first-order valence-electron chi connectivity index (χ1n) is 5.26. The molecule has 3 N–H and O–H groups in total. The predicted molar refractivity (Wildman–Crippen MR) is 57.7 cm³/mol. The fourth-order valence-electron chi connectivity index (χ4n) is 1.81. The van der Waals surface area contributed by atoms with E-state index in [0.717, 1.165) is 17.2 Å². The van der Waals surface area contributed by atoms with Crippen LogP contribution >= 0.6 is 0 Å². The van der Waals surface area contributed by atoms with Gasteiger partial charge >= 0.3 is 5.97 Å². The molecule has 1 amide bonds. The van der Waals surface area contributed by atoms with Gasteiger partial charge in [0.2, 0.25) is 0 Å². The molecule has 2 rings (SSSR count). The smallest absolute Gasteiger partial charge is 0.329 e. The van der Waals surface area contributed by atoms with Crippen LogP contribution in [0.5, 0.6) is 0 Å². The average molecular weight is 239 g/mol. The Hall–Kier alpha value is -2.05. The van der Waals surface area contributed by atoms with Crippen molar-refractivity contribution in [3.63, 3.8) is 0 Å². The van der Waals surface area contributed by atoms with Crippen LogP contribution in [0.2, 0.25) is 0 Å². The summed E-state index contributed by atoms with van der Waals surface area (Å²) in [4.78, 5) is 34.0. The minimum atomic E-state index is -1.16. The SMILES string of the molecule is Cn1[nH]c(C(=O)NC2(C(=O)O)CCC2)cc1=O. The number of rotatable bonds is 3. The van der Waals surface area contributed by atoms with Crippen LogP contribution in [0.25, 0.3) is 0 Å². The van der Waals surface area contributed by atoms with Crippen molar-refractivity contribution in [1.29, 1.82) is 0 Å². The van der Waals surface area contributed by atoms with Gasteiger partial charge < -0.3 is 10.4 Å². The molecule has 7 nitrogen and oxygen atoms in total. The monoisotopic (exact) mass is 239 g/mol. The van der Waals surface area contributed by atoms with Crippen LogP contribution in [0.1, 0.15) is 29.8 Å². The summed E-state index contributed by atoms with van der Waals surface area (Å²) in [6.07, 6.45) is 1.62. The second-order valence-corrected chi connectivity index (χ2v) is 4.26. The van der Waals surface area contributed by atoms with Crippen molar-refractivity contribution in [2.24, 2.45) is 7.05 Å². The summed E-state index contributed by atoms with van der Waals surface area (Å²) in [5.74, 6) is -1.60. The molecular weight excluding hydrogens is 226 g/mol. The number of aromatic amines is 1. The van der Waals surface area contributed by atoms with Crippen molar-refractivity contribution < 1.29 is 14.7 Å². The molecule has 7 heteroatoms. The number of carboxylic acid groups (broad SMARTS) is 1. The van der Waals surface area contributed by atoms with E-state index in [1.165, 1.54) is 7.05 Å². The zero-order chi connectivity index (χ0) is 12.6. The van der Waals surface area contributed by atoms with Gasteiger partial charge in [-0.2, -0.15) is 0 Å². The Morgan fingerprint density at radius 2 is 2.18 bits per heavy atom. The van der Waals surface area contributed by atoms with E-state index in [9.17, 15) is 14.4 Å². The normalized spacial score (nSPS) is 17.2. The highest BCUT2D eigenvalue weighted by molar-refractivity contribution is 5.96. The molecule has 1 saturated carbocycles. The summed E-state index contributed by atoms with van der Waals surface area (Å²) in [7, 11) is 1.48. The minimum absolute atomic E-state index is 0.0741. The fourth-order valence-corrected chi connectivity index (χ4v) is 1.81. The van der Waals surface area contributed by atoms with E-state index in [2.05, 4.69) is 10.4 Å². The van der Waals surface area contributed by atoms with Crippen LogP contribution < -0.4 is 10.9 Å². The van der Waals surface area contributed by atoms with Gasteiger partial charge in [-0.05, 0) is 19.3 Å². The lowest BCUT2D eigenvalue weighted by Gasteiger charge is -2.37. The maximum absolute atomic E-state index is 11.8. The van der Waals surface area contributed by atoms with Crippen molar-refractivity contribution in [3.8, 4) is 0 Å². The molecule has 0 radical (unpaired) electrons. The van der Waals surface area contributed by atoms with E-state index in [-0.39, 0.29) is 11.3 Å². The van der Waals surface area contributed by atoms with Gasteiger partial charge in [0, 0.05) is 13.1 Å². The van der Waals surface area contributed by atoms with E-state index in [1.54, 1.807) is 0 Å². The van der Waals surface area contributed by atoms with Crippen LogP contribution in [0.3, 0.4) is 0 Å². The Balaban J connectivity index is 2.16. The van der Waals surface area contributed by atoms with E-state index in [1.807, 2.05) is 0 Å². The lowest BCUT2D eigenvalue weighted by atomic mass is 9.76. The highest BCUT2D eigenvalue weighted by Gasteiger charge is 2.45. The quantitative estimate of drug-likeness (QED) is 0.658. The van der Waals surface area contributed by atoms with Crippen molar-refractivity contribution in [3.05, 3.63) is 22.1 Å². The molecule has 1 aliphatic rings. The highest BCUT2D eigenvalue weighted by atomic mass is 16.4. The molecule has 17 heavy (non-hydrogen) atoms. The number of aromatic nitrogens is 2. The first-order chi connectivity index (χ1) is 7.94. The zero-order valence-electron chi connectivity index (χ0n) is 9.32. The third kappa shape index (κ3) is 1.83. The number of aliphatic carboxylic acids is 1. The molecule has 0 atom stereocenters. The summed E-state index contributed by atoms with van der Waals surface area (Å²) >= 11 is 0. The molecule has 1 aromatic heterocycles. The Labute approximate surface area is 96.4 Å². The van der Waals surface area contributed by atoms with Gasteiger partial charge in [-0.3, -0.25) is 19.4 Å².